The minimum absolute atomic E-state index is 0.0470. The number of fused-ring (bicyclic) bond motifs is 1. The number of rotatable bonds is 3. The smallest absolute Gasteiger partial charge is 0.231 e. The largest absolute Gasteiger partial charge is 0.438 e. The van der Waals surface area contributed by atoms with E-state index in [9.17, 15) is 4.39 Å². The summed E-state index contributed by atoms with van der Waals surface area (Å²) >= 11 is 5.66. The summed E-state index contributed by atoms with van der Waals surface area (Å²) in [6, 6.07) is 11.7. The van der Waals surface area contributed by atoms with E-state index < -0.39 is 5.82 Å². The summed E-state index contributed by atoms with van der Waals surface area (Å²) in [5, 5.41) is 3.66. The molecule has 21 heavy (non-hydrogen) atoms. The molecule has 3 aromatic rings. The lowest BCUT2D eigenvalue weighted by atomic mass is 10.2. The van der Waals surface area contributed by atoms with Crippen LogP contribution in [0.4, 0.5) is 10.3 Å². The number of hydrogen-bond donors (Lipinski definition) is 1. The van der Waals surface area contributed by atoms with E-state index in [0.717, 1.165) is 10.9 Å². The Balaban J connectivity index is 2.08. The Morgan fingerprint density at radius 1 is 1.14 bits per heavy atom. The molecule has 0 saturated heterocycles. The van der Waals surface area contributed by atoms with Gasteiger partial charge in [-0.05, 0) is 24.3 Å². The SMILES string of the molecule is CNc1nc(Oc2ccc(Cl)c(F)c2)c2ccccc2n1. The molecule has 0 aliphatic carbocycles. The van der Waals surface area contributed by atoms with Crippen LogP contribution in [0.2, 0.25) is 5.02 Å². The first-order chi connectivity index (χ1) is 10.2. The maximum absolute atomic E-state index is 13.5. The molecule has 6 heteroatoms. The summed E-state index contributed by atoms with van der Waals surface area (Å²) in [4.78, 5) is 8.60. The highest BCUT2D eigenvalue weighted by molar-refractivity contribution is 6.30. The summed E-state index contributed by atoms with van der Waals surface area (Å²) in [5.74, 6) is 0.564. The molecule has 1 N–H and O–H groups in total. The summed E-state index contributed by atoms with van der Waals surface area (Å²) in [6.07, 6.45) is 0. The van der Waals surface area contributed by atoms with Crippen molar-refractivity contribution in [3.63, 3.8) is 0 Å². The first-order valence-corrected chi connectivity index (χ1v) is 6.62. The van der Waals surface area contributed by atoms with Gasteiger partial charge >= 0.3 is 0 Å². The van der Waals surface area contributed by atoms with E-state index in [0.29, 0.717) is 17.6 Å². The fraction of sp³-hybridized carbons (Fsp3) is 0.0667. The first-order valence-electron chi connectivity index (χ1n) is 6.25. The zero-order valence-electron chi connectivity index (χ0n) is 11.1. The van der Waals surface area contributed by atoms with Crippen LogP contribution in [0.25, 0.3) is 10.9 Å². The zero-order valence-corrected chi connectivity index (χ0v) is 11.9. The molecule has 2 aromatic carbocycles. The monoisotopic (exact) mass is 303 g/mol. The van der Waals surface area contributed by atoms with Crippen molar-refractivity contribution >= 4 is 28.5 Å². The van der Waals surface area contributed by atoms with Gasteiger partial charge < -0.3 is 10.1 Å². The summed E-state index contributed by atoms with van der Waals surface area (Å²) in [5.41, 5.74) is 0.737. The van der Waals surface area contributed by atoms with Gasteiger partial charge in [-0.1, -0.05) is 23.7 Å². The van der Waals surface area contributed by atoms with Crippen LogP contribution in [0.1, 0.15) is 0 Å². The molecule has 1 aromatic heterocycles. The van der Waals surface area contributed by atoms with Crippen LogP contribution in [-0.2, 0) is 0 Å². The molecule has 0 unspecified atom stereocenters. The quantitative estimate of drug-likeness (QED) is 0.785. The predicted molar refractivity (Wildman–Crippen MR) is 80.6 cm³/mol. The number of benzene rings is 2. The highest BCUT2D eigenvalue weighted by Crippen LogP contribution is 2.29. The molecule has 0 radical (unpaired) electrons. The van der Waals surface area contributed by atoms with Crippen LogP contribution in [0.5, 0.6) is 11.6 Å². The number of halogens is 2. The van der Waals surface area contributed by atoms with Gasteiger partial charge in [-0.15, -0.1) is 0 Å². The van der Waals surface area contributed by atoms with Gasteiger partial charge in [-0.25, -0.2) is 9.37 Å². The van der Waals surface area contributed by atoms with E-state index in [1.54, 1.807) is 13.1 Å². The molecule has 0 spiro atoms. The van der Waals surface area contributed by atoms with E-state index in [1.165, 1.54) is 12.1 Å². The molecule has 106 valence electrons. The Hall–Kier alpha value is -2.40. The van der Waals surface area contributed by atoms with E-state index in [4.69, 9.17) is 16.3 Å². The standard InChI is InChI=1S/C15H11ClFN3O/c1-18-15-19-13-5-3-2-4-10(13)14(20-15)21-9-6-7-11(16)12(17)8-9/h2-8H,1H3,(H,18,19,20). The lowest BCUT2D eigenvalue weighted by Gasteiger charge is -2.10. The van der Waals surface area contributed by atoms with Gasteiger partial charge in [-0.3, -0.25) is 0 Å². The number of anilines is 1. The maximum atomic E-state index is 13.5. The third-order valence-electron chi connectivity index (χ3n) is 2.90. The lowest BCUT2D eigenvalue weighted by molar-refractivity contribution is 0.464. The van der Waals surface area contributed by atoms with E-state index in [2.05, 4.69) is 15.3 Å². The number of ether oxygens (including phenoxy) is 1. The molecule has 4 nitrogen and oxygen atoms in total. The second kappa shape index (κ2) is 5.54. The normalized spacial score (nSPS) is 10.6. The first kappa shape index (κ1) is 13.6. The topological polar surface area (TPSA) is 47.0 Å². The number of nitrogens with one attached hydrogen (secondary N) is 1. The van der Waals surface area contributed by atoms with Crippen molar-refractivity contribution < 1.29 is 9.13 Å². The Bertz CT molecular complexity index is 810. The van der Waals surface area contributed by atoms with Crippen LogP contribution in [0, 0.1) is 5.82 Å². The minimum atomic E-state index is -0.540. The van der Waals surface area contributed by atoms with Crippen LogP contribution < -0.4 is 10.1 Å². The van der Waals surface area contributed by atoms with Gasteiger partial charge in [-0.2, -0.15) is 4.98 Å². The van der Waals surface area contributed by atoms with Crippen LogP contribution in [0.3, 0.4) is 0 Å². The average molecular weight is 304 g/mol. The summed E-state index contributed by atoms with van der Waals surface area (Å²) in [6.45, 7) is 0. The molecule has 0 aliphatic heterocycles. The van der Waals surface area contributed by atoms with Gasteiger partial charge in [0.15, 0.2) is 0 Å². The zero-order chi connectivity index (χ0) is 14.8. The summed E-state index contributed by atoms with van der Waals surface area (Å²) < 4.78 is 19.2. The Morgan fingerprint density at radius 2 is 1.95 bits per heavy atom. The average Bonchev–Trinajstić information content (AvgIpc) is 2.51. The Morgan fingerprint density at radius 3 is 2.71 bits per heavy atom. The van der Waals surface area contributed by atoms with Crippen LogP contribution >= 0.6 is 11.6 Å². The van der Waals surface area contributed by atoms with Gasteiger partial charge in [0, 0.05) is 13.1 Å². The van der Waals surface area contributed by atoms with Crippen molar-refractivity contribution in [1.29, 1.82) is 0 Å². The Kier molecular flexibility index (Phi) is 3.58. The minimum Gasteiger partial charge on any atom is -0.438 e. The van der Waals surface area contributed by atoms with Gasteiger partial charge in [0.25, 0.3) is 0 Å². The molecule has 3 rings (SSSR count). The van der Waals surface area contributed by atoms with Gasteiger partial charge in [0.1, 0.15) is 11.6 Å². The van der Waals surface area contributed by atoms with Crippen molar-refractivity contribution in [2.75, 3.05) is 12.4 Å². The van der Waals surface area contributed by atoms with Crippen molar-refractivity contribution in [3.05, 3.63) is 53.3 Å². The number of para-hydroxylation sites is 1. The number of hydrogen-bond acceptors (Lipinski definition) is 4. The van der Waals surface area contributed by atoms with Gasteiger partial charge in [0.2, 0.25) is 11.8 Å². The molecule has 0 atom stereocenters. The van der Waals surface area contributed by atoms with Crippen molar-refractivity contribution in [3.8, 4) is 11.6 Å². The van der Waals surface area contributed by atoms with E-state index in [-0.39, 0.29) is 5.02 Å². The molecule has 0 fully saturated rings. The van der Waals surface area contributed by atoms with Crippen LogP contribution in [0.15, 0.2) is 42.5 Å². The Labute approximate surface area is 125 Å². The van der Waals surface area contributed by atoms with E-state index in [1.807, 2.05) is 24.3 Å². The fourth-order valence-electron chi connectivity index (χ4n) is 1.89. The second-order valence-electron chi connectivity index (χ2n) is 4.30. The van der Waals surface area contributed by atoms with Crippen molar-refractivity contribution in [1.82, 2.24) is 9.97 Å². The third-order valence-corrected chi connectivity index (χ3v) is 3.20. The third kappa shape index (κ3) is 2.73. The predicted octanol–water partition coefficient (Wildman–Crippen LogP) is 4.26. The molecule has 0 amide bonds. The highest BCUT2D eigenvalue weighted by Gasteiger charge is 2.10. The van der Waals surface area contributed by atoms with Crippen molar-refractivity contribution in [2.24, 2.45) is 0 Å². The number of aromatic nitrogens is 2. The molecule has 0 saturated carbocycles. The van der Waals surface area contributed by atoms with Gasteiger partial charge in [0.05, 0.1) is 15.9 Å². The molecule has 0 aliphatic rings. The fourth-order valence-corrected chi connectivity index (χ4v) is 2.01. The molecule has 0 bridgehead atoms. The maximum Gasteiger partial charge on any atom is 0.231 e. The van der Waals surface area contributed by atoms with Crippen molar-refractivity contribution in [2.45, 2.75) is 0 Å². The lowest BCUT2D eigenvalue weighted by Crippen LogP contribution is -1.99. The highest BCUT2D eigenvalue weighted by atomic mass is 35.5. The molecular formula is C15H11ClFN3O. The molecule has 1 heterocycles. The second-order valence-corrected chi connectivity index (χ2v) is 4.70. The number of nitrogens with zero attached hydrogens (tertiary/aromatic N) is 2. The molecular weight excluding hydrogens is 293 g/mol. The van der Waals surface area contributed by atoms with Crippen LogP contribution in [-0.4, -0.2) is 17.0 Å². The summed E-state index contributed by atoms with van der Waals surface area (Å²) in [7, 11) is 1.72. The van der Waals surface area contributed by atoms with E-state index >= 15 is 0 Å².